The molecule has 27 heavy (non-hydrogen) atoms. The molecule has 0 aromatic heterocycles. The highest BCUT2D eigenvalue weighted by molar-refractivity contribution is 14.0. The molecule has 0 radical (unpaired) electrons. The largest absolute Gasteiger partial charge is 0.496 e. The maximum atomic E-state index is 12.3. The number of nitrogens with zero attached hydrogens (tertiary/aromatic N) is 1. The average Bonchev–Trinajstić information content (AvgIpc) is 2.65. The number of hydrogen-bond acceptors (Lipinski definition) is 4. The SMILES string of the molecule is CN=C(NCCS(=O)(=O)c1ccc(Br)cc1)NCc1ccccc1OC.I. The maximum absolute atomic E-state index is 12.3. The van der Waals surface area contributed by atoms with Gasteiger partial charge in [-0.1, -0.05) is 34.1 Å². The zero-order valence-corrected chi connectivity index (χ0v) is 19.8. The van der Waals surface area contributed by atoms with Crippen molar-refractivity contribution in [2.75, 3.05) is 26.5 Å². The second-order valence-corrected chi connectivity index (χ2v) is 8.46. The smallest absolute Gasteiger partial charge is 0.191 e. The molecule has 0 saturated carbocycles. The van der Waals surface area contributed by atoms with E-state index in [-0.39, 0.29) is 36.3 Å². The summed E-state index contributed by atoms with van der Waals surface area (Å²) in [6.07, 6.45) is 0. The Morgan fingerprint density at radius 1 is 1.11 bits per heavy atom. The number of methoxy groups -OCH3 is 1. The molecule has 0 aliphatic heterocycles. The minimum atomic E-state index is -3.34. The molecule has 0 amide bonds. The number of sulfone groups is 1. The Morgan fingerprint density at radius 2 is 1.78 bits per heavy atom. The topological polar surface area (TPSA) is 79.8 Å². The van der Waals surface area contributed by atoms with Gasteiger partial charge in [0.25, 0.3) is 0 Å². The van der Waals surface area contributed by atoms with Gasteiger partial charge in [-0.05, 0) is 30.3 Å². The Kier molecular flexibility index (Phi) is 10.1. The van der Waals surface area contributed by atoms with E-state index in [4.69, 9.17) is 4.74 Å². The van der Waals surface area contributed by atoms with Crippen LogP contribution >= 0.6 is 39.9 Å². The van der Waals surface area contributed by atoms with E-state index in [2.05, 4.69) is 31.6 Å². The molecule has 0 aliphatic rings. The molecule has 9 heteroatoms. The number of hydrogen-bond donors (Lipinski definition) is 2. The monoisotopic (exact) mass is 567 g/mol. The van der Waals surface area contributed by atoms with Crippen LogP contribution in [0.1, 0.15) is 5.56 Å². The molecule has 2 N–H and O–H groups in total. The highest BCUT2D eigenvalue weighted by Crippen LogP contribution is 2.17. The van der Waals surface area contributed by atoms with Gasteiger partial charge in [0.15, 0.2) is 15.8 Å². The second kappa shape index (κ2) is 11.5. The molecule has 6 nitrogen and oxygen atoms in total. The predicted octanol–water partition coefficient (Wildman–Crippen LogP) is 3.21. The van der Waals surface area contributed by atoms with Gasteiger partial charge in [0, 0.05) is 30.2 Å². The first-order chi connectivity index (χ1) is 12.5. The average molecular weight is 568 g/mol. The Balaban J connectivity index is 0.00000364. The van der Waals surface area contributed by atoms with Crippen LogP contribution in [-0.2, 0) is 16.4 Å². The number of benzene rings is 2. The molecule has 148 valence electrons. The van der Waals surface area contributed by atoms with Crippen molar-refractivity contribution in [1.82, 2.24) is 10.6 Å². The highest BCUT2D eigenvalue weighted by atomic mass is 127. The lowest BCUT2D eigenvalue weighted by Crippen LogP contribution is -2.39. The summed E-state index contributed by atoms with van der Waals surface area (Å²) < 4.78 is 30.8. The first kappa shape index (κ1) is 23.7. The summed E-state index contributed by atoms with van der Waals surface area (Å²) in [6.45, 7) is 0.771. The number of ether oxygens (including phenoxy) is 1. The van der Waals surface area contributed by atoms with Gasteiger partial charge in [0.05, 0.1) is 17.8 Å². The van der Waals surface area contributed by atoms with Gasteiger partial charge in [-0.3, -0.25) is 4.99 Å². The quantitative estimate of drug-likeness (QED) is 0.305. The number of guanidine groups is 1. The van der Waals surface area contributed by atoms with Crippen molar-refractivity contribution in [2.24, 2.45) is 4.99 Å². The predicted molar refractivity (Wildman–Crippen MR) is 123 cm³/mol. The first-order valence-corrected chi connectivity index (χ1v) is 10.5. The molecule has 0 aliphatic carbocycles. The third-order valence-corrected chi connectivity index (χ3v) is 5.96. The van der Waals surface area contributed by atoms with E-state index in [0.717, 1.165) is 15.8 Å². The summed E-state index contributed by atoms with van der Waals surface area (Å²) in [5.74, 6) is 1.29. The number of halogens is 2. The fourth-order valence-corrected chi connectivity index (χ4v) is 3.73. The van der Waals surface area contributed by atoms with Crippen LogP contribution in [0.25, 0.3) is 0 Å². The van der Waals surface area contributed by atoms with E-state index in [9.17, 15) is 8.42 Å². The van der Waals surface area contributed by atoms with Crippen LogP contribution in [0.4, 0.5) is 0 Å². The number of aliphatic imine (C=N–C) groups is 1. The Bertz CT molecular complexity index is 858. The summed E-state index contributed by atoms with van der Waals surface area (Å²) in [4.78, 5) is 4.42. The van der Waals surface area contributed by atoms with Crippen LogP contribution in [0.3, 0.4) is 0 Å². The lowest BCUT2D eigenvalue weighted by Gasteiger charge is -2.14. The molecular weight excluding hydrogens is 545 g/mol. The van der Waals surface area contributed by atoms with E-state index >= 15 is 0 Å². The normalized spacial score (nSPS) is 11.4. The van der Waals surface area contributed by atoms with E-state index in [0.29, 0.717) is 17.4 Å². The van der Waals surface area contributed by atoms with Crippen LogP contribution < -0.4 is 15.4 Å². The Labute approximate surface area is 185 Å². The molecule has 0 unspecified atom stereocenters. The first-order valence-electron chi connectivity index (χ1n) is 8.01. The number of para-hydroxylation sites is 1. The molecule has 2 rings (SSSR count). The highest BCUT2D eigenvalue weighted by Gasteiger charge is 2.14. The summed E-state index contributed by atoms with van der Waals surface area (Å²) in [7, 11) is -0.0813. The van der Waals surface area contributed by atoms with Crippen LogP contribution in [-0.4, -0.2) is 40.8 Å². The molecule has 0 spiro atoms. The third kappa shape index (κ3) is 7.30. The van der Waals surface area contributed by atoms with Gasteiger partial charge < -0.3 is 15.4 Å². The van der Waals surface area contributed by atoms with Crippen LogP contribution in [0.15, 0.2) is 62.9 Å². The van der Waals surface area contributed by atoms with Gasteiger partial charge in [-0.15, -0.1) is 24.0 Å². The minimum Gasteiger partial charge on any atom is -0.496 e. The van der Waals surface area contributed by atoms with Crippen molar-refractivity contribution in [2.45, 2.75) is 11.4 Å². The molecule has 0 bridgehead atoms. The van der Waals surface area contributed by atoms with Gasteiger partial charge in [-0.2, -0.15) is 0 Å². The van der Waals surface area contributed by atoms with Crippen molar-refractivity contribution >= 4 is 55.7 Å². The summed E-state index contributed by atoms with van der Waals surface area (Å²) in [5.41, 5.74) is 0.987. The molecule has 2 aromatic rings. The van der Waals surface area contributed by atoms with Crippen molar-refractivity contribution < 1.29 is 13.2 Å². The van der Waals surface area contributed by atoms with Gasteiger partial charge >= 0.3 is 0 Å². The summed E-state index contributed by atoms with van der Waals surface area (Å²) >= 11 is 3.30. The molecule has 0 fully saturated rings. The summed E-state index contributed by atoms with van der Waals surface area (Å²) in [5, 5.41) is 6.18. The zero-order valence-electron chi connectivity index (χ0n) is 15.1. The van der Waals surface area contributed by atoms with Crippen LogP contribution in [0.2, 0.25) is 0 Å². The Morgan fingerprint density at radius 3 is 2.41 bits per heavy atom. The van der Waals surface area contributed by atoms with Gasteiger partial charge in [-0.25, -0.2) is 8.42 Å². The number of nitrogens with one attached hydrogen (secondary N) is 2. The van der Waals surface area contributed by atoms with Crippen molar-refractivity contribution in [3.63, 3.8) is 0 Å². The van der Waals surface area contributed by atoms with Crippen molar-refractivity contribution in [3.8, 4) is 5.75 Å². The third-order valence-electron chi connectivity index (χ3n) is 3.70. The van der Waals surface area contributed by atoms with Gasteiger partial charge in [0.1, 0.15) is 5.75 Å². The molecule has 0 atom stereocenters. The van der Waals surface area contributed by atoms with Gasteiger partial charge in [0.2, 0.25) is 0 Å². The van der Waals surface area contributed by atoms with E-state index in [1.54, 1.807) is 38.4 Å². The fraction of sp³-hybridized carbons (Fsp3) is 0.278. The molecule has 2 aromatic carbocycles. The standard InChI is InChI=1S/C18H22BrN3O3S.HI/c1-20-18(22-13-14-5-3-4-6-17(14)25-2)21-11-12-26(23,24)16-9-7-15(19)8-10-16;/h3-10H,11-13H2,1-2H3,(H2,20,21,22);1H. The van der Waals surface area contributed by atoms with E-state index in [1.807, 2.05) is 24.3 Å². The zero-order chi connectivity index (χ0) is 19.0. The molecule has 0 saturated heterocycles. The second-order valence-electron chi connectivity index (χ2n) is 5.44. The fourth-order valence-electron chi connectivity index (χ4n) is 2.31. The van der Waals surface area contributed by atoms with E-state index < -0.39 is 9.84 Å². The number of rotatable bonds is 7. The van der Waals surface area contributed by atoms with E-state index in [1.165, 1.54) is 0 Å². The van der Waals surface area contributed by atoms with Crippen LogP contribution in [0, 0.1) is 0 Å². The van der Waals surface area contributed by atoms with Crippen molar-refractivity contribution in [1.29, 1.82) is 0 Å². The van der Waals surface area contributed by atoms with Crippen LogP contribution in [0.5, 0.6) is 5.75 Å². The molecule has 0 heterocycles. The summed E-state index contributed by atoms with van der Waals surface area (Å²) in [6, 6.07) is 14.3. The van der Waals surface area contributed by atoms with Crippen molar-refractivity contribution in [3.05, 3.63) is 58.6 Å². The lowest BCUT2D eigenvalue weighted by atomic mass is 10.2. The molecular formula is C18H23BrIN3O3S. The lowest BCUT2D eigenvalue weighted by molar-refractivity contribution is 0.409. The minimum absolute atomic E-state index is 0. The maximum Gasteiger partial charge on any atom is 0.191 e. The Hall–Kier alpha value is -1.33.